The molecule has 2 aromatic rings. The van der Waals surface area contributed by atoms with Crippen LogP contribution in [0.25, 0.3) is 11.1 Å². The van der Waals surface area contributed by atoms with Crippen LogP contribution in [0.3, 0.4) is 0 Å². The Morgan fingerprint density at radius 3 is 2.27 bits per heavy atom. The highest BCUT2D eigenvalue weighted by molar-refractivity contribution is 7.16. The van der Waals surface area contributed by atoms with Crippen molar-refractivity contribution < 1.29 is 0 Å². The number of thiophene rings is 1. The van der Waals surface area contributed by atoms with Crippen molar-refractivity contribution in [2.24, 2.45) is 0 Å². The molecule has 0 aliphatic heterocycles. The van der Waals surface area contributed by atoms with Gasteiger partial charge in [0.25, 0.3) is 0 Å². The normalized spacial score (nSPS) is 10.6. The van der Waals surface area contributed by atoms with E-state index in [-0.39, 0.29) is 0 Å². The maximum Gasteiger partial charge on any atom is 0.0865 e. The van der Waals surface area contributed by atoms with Crippen LogP contribution < -0.4 is 5.73 Å². The molecule has 0 atom stereocenters. The third kappa shape index (κ3) is 1.90. The average molecular weight is 217 g/mol. The largest absolute Gasteiger partial charge is 0.391 e. The minimum absolute atomic E-state index is 0.890. The van der Waals surface area contributed by atoms with Gasteiger partial charge in [-0.2, -0.15) is 0 Å². The van der Waals surface area contributed by atoms with Gasteiger partial charge in [0.1, 0.15) is 0 Å². The third-order valence-corrected chi connectivity index (χ3v) is 3.63. The molecule has 0 amide bonds. The number of benzene rings is 1. The maximum atomic E-state index is 5.80. The van der Waals surface area contributed by atoms with E-state index in [9.17, 15) is 0 Å². The quantitative estimate of drug-likeness (QED) is 0.769. The van der Waals surface area contributed by atoms with E-state index in [1.54, 1.807) is 11.3 Å². The van der Waals surface area contributed by atoms with E-state index >= 15 is 0 Å². The minimum Gasteiger partial charge on any atom is -0.391 e. The van der Waals surface area contributed by atoms with Crippen LogP contribution in [-0.2, 0) is 0 Å². The Morgan fingerprint density at radius 2 is 1.73 bits per heavy atom. The van der Waals surface area contributed by atoms with Gasteiger partial charge < -0.3 is 5.73 Å². The summed E-state index contributed by atoms with van der Waals surface area (Å²) in [4.78, 5) is 1.29. The second kappa shape index (κ2) is 3.70. The predicted octanol–water partition coefficient (Wildman–Crippen LogP) is 3.92. The van der Waals surface area contributed by atoms with Crippen LogP contribution in [0.1, 0.15) is 16.0 Å². The van der Waals surface area contributed by atoms with Gasteiger partial charge in [-0.25, -0.2) is 0 Å². The molecule has 0 spiro atoms. The topological polar surface area (TPSA) is 26.0 Å². The molecular weight excluding hydrogens is 202 g/mol. The van der Waals surface area contributed by atoms with Crippen molar-refractivity contribution in [2.45, 2.75) is 20.8 Å². The van der Waals surface area contributed by atoms with Gasteiger partial charge in [0.15, 0.2) is 0 Å². The van der Waals surface area contributed by atoms with E-state index in [2.05, 4.69) is 45.0 Å². The summed E-state index contributed by atoms with van der Waals surface area (Å²) in [6.45, 7) is 6.39. The lowest BCUT2D eigenvalue weighted by atomic mass is 10.0. The number of nitrogen functional groups attached to an aromatic ring is 1. The van der Waals surface area contributed by atoms with Crippen molar-refractivity contribution in [3.8, 4) is 11.1 Å². The minimum atomic E-state index is 0.890. The second-order valence-corrected chi connectivity index (χ2v) is 5.21. The Kier molecular flexibility index (Phi) is 2.53. The first-order valence-corrected chi connectivity index (χ1v) is 5.83. The van der Waals surface area contributed by atoms with Crippen molar-refractivity contribution >= 4 is 16.3 Å². The van der Waals surface area contributed by atoms with Crippen LogP contribution in [0.2, 0.25) is 0 Å². The van der Waals surface area contributed by atoms with Gasteiger partial charge >= 0.3 is 0 Å². The van der Waals surface area contributed by atoms with Crippen molar-refractivity contribution in [1.82, 2.24) is 0 Å². The molecule has 0 fully saturated rings. The van der Waals surface area contributed by atoms with E-state index < -0.39 is 0 Å². The van der Waals surface area contributed by atoms with Gasteiger partial charge in [-0.05, 0) is 49.1 Å². The molecular formula is C13H15NS. The van der Waals surface area contributed by atoms with Gasteiger partial charge in [-0.15, -0.1) is 11.3 Å². The molecule has 0 aliphatic carbocycles. The van der Waals surface area contributed by atoms with E-state index in [1.165, 1.54) is 27.1 Å². The highest BCUT2D eigenvalue weighted by atomic mass is 32.1. The Balaban J connectivity index is 2.54. The molecule has 0 unspecified atom stereocenters. The third-order valence-electron chi connectivity index (χ3n) is 2.75. The number of hydrogen-bond donors (Lipinski definition) is 1. The van der Waals surface area contributed by atoms with Gasteiger partial charge in [-0.1, -0.05) is 18.2 Å². The average Bonchev–Trinajstić information content (AvgIpc) is 2.50. The predicted molar refractivity (Wildman–Crippen MR) is 68.4 cm³/mol. The lowest BCUT2D eigenvalue weighted by molar-refractivity contribution is 1.34. The van der Waals surface area contributed by atoms with E-state index in [1.807, 2.05) is 0 Å². The fraction of sp³-hybridized carbons (Fsp3) is 0.231. The molecule has 0 aliphatic rings. The molecule has 2 rings (SSSR count). The molecule has 0 radical (unpaired) electrons. The Labute approximate surface area is 94.6 Å². The summed E-state index contributed by atoms with van der Waals surface area (Å²) in [5, 5.41) is 0.890. The molecule has 78 valence electrons. The number of rotatable bonds is 1. The summed E-state index contributed by atoms with van der Waals surface area (Å²) in [6, 6.07) is 8.61. The van der Waals surface area contributed by atoms with E-state index in [0.717, 1.165) is 5.00 Å². The molecule has 1 aromatic heterocycles. The number of aryl methyl sites for hydroxylation is 3. The zero-order valence-corrected chi connectivity index (χ0v) is 10.1. The zero-order chi connectivity index (χ0) is 11.0. The fourth-order valence-corrected chi connectivity index (χ4v) is 2.52. The van der Waals surface area contributed by atoms with E-state index in [4.69, 9.17) is 5.73 Å². The molecule has 1 heterocycles. The highest BCUT2D eigenvalue weighted by Crippen LogP contribution is 2.33. The zero-order valence-electron chi connectivity index (χ0n) is 9.29. The molecule has 0 bridgehead atoms. The molecule has 0 saturated carbocycles. The molecule has 1 nitrogen and oxygen atoms in total. The summed E-state index contributed by atoms with van der Waals surface area (Å²) < 4.78 is 0. The Bertz CT molecular complexity index is 497. The van der Waals surface area contributed by atoms with Crippen molar-refractivity contribution in [3.05, 3.63) is 40.3 Å². The number of anilines is 1. The van der Waals surface area contributed by atoms with Gasteiger partial charge in [0, 0.05) is 4.88 Å². The Hall–Kier alpha value is -1.28. The first kappa shape index (κ1) is 10.2. The lowest BCUT2D eigenvalue weighted by Gasteiger charge is -2.04. The molecule has 1 aromatic carbocycles. The second-order valence-electron chi connectivity index (χ2n) is 3.92. The first-order chi connectivity index (χ1) is 7.08. The number of hydrogen-bond acceptors (Lipinski definition) is 2. The number of nitrogens with two attached hydrogens (primary N) is 1. The summed E-state index contributed by atoms with van der Waals surface area (Å²) >= 11 is 1.65. The van der Waals surface area contributed by atoms with Crippen LogP contribution in [0, 0.1) is 20.8 Å². The fourth-order valence-electron chi connectivity index (χ4n) is 1.70. The molecule has 15 heavy (non-hydrogen) atoms. The maximum absolute atomic E-state index is 5.80. The smallest absolute Gasteiger partial charge is 0.0865 e. The lowest BCUT2D eigenvalue weighted by Crippen LogP contribution is -1.83. The summed E-state index contributed by atoms with van der Waals surface area (Å²) in [6.07, 6.45) is 0. The molecule has 2 heteroatoms. The summed E-state index contributed by atoms with van der Waals surface area (Å²) in [5.41, 5.74) is 11.0. The molecule has 2 N–H and O–H groups in total. The Morgan fingerprint density at radius 1 is 1.00 bits per heavy atom. The van der Waals surface area contributed by atoms with Crippen molar-refractivity contribution in [3.63, 3.8) is 0 Å². The van der Waals surface area contributed by atoms with Crippen LogP contribution in [0.5, 0.6) is 0 Å². The highest BCUT2D eigenvalue weighted by Gasteiger charge is 2.06. The van der Waals surface area contributed by atoms with Crippen molar-refractivity contribution in [1.29, 1.82) is 0 Å². The van der Waals surface area contributed by atoms with E-state index in [0.29, 0.717) is 0 Å². The van der Waals surface area contributed by atoms with Crippen LogP contribution in [-0.4, -0.2) is 0 Å². The molecule has 0 saturated heterocycles. The van der Waals surface area contributed by atoms with Crippen LogP contribution in [0.4, 0.5) is 5.00 Å². The van der Waals surface area contributed by atoms with Gasteiger partial charge in [-0.3, -0.25) is 0 Å². The van der Waals surface area contributed by atoms with Crippen LogP contribution >= 0.6 is 11.3 Å². The monoisotopic (exact) mass is 217 g/mol. The summed E-state index contributed by atoms with van der Waals surface area (Å²) in [5.74, 6) is 0. The standard InChI is InChI=1S/C13H15NS/c1-8-4-5-11(6-9(8)2)12-7-13(14)15-10(12)3/h4-7H,14H2,1-3H3. The SMILES string of the molecule is Cc1ccc(-c2cc(N)sc2C)cc1C. The first-order valence-electron chi connectivity index (χ1n) is 5.01. The van der Waals surface area contributed by atoms with Crippen LogP contribution in [0.15, 0.2) is 24.3 Å². The summed E-state index contributed by atoms with van der Waals surface area (Å²) in [7, 11) is 0. The van der Waals surface area contributed by atoms with Gasteiger partial charge in [0.05, 0.1) is 5.00 Å². The van der Waals surface area contributed by atoms with Gasteiger partial charge in [0.2, 0.25) is 0 Å². The van der Waals surface area contributed by atoms with Crippen molar-refractivity contribution in [2.75, 3.05) is 5.73 Å².